The fourth-order valence-electron chi connectivity index (χ4n) is 3.85. The Hall–Kier alpha value is -2.08. The number of methoxy groups -OCH3 is 1. The zero-order valence-electron chi connectivity index (χ0n) is 16.3. The van der Waals surface area contributed by atoms with Crippen molar-refractivity contribution in [3.05, 3.63) is 29.8 Å². The molecule has 3 rings (SSSR count). The fraction of sp³-hybridized carbons (Fsp3) is 0.619. The Balaban J connectivity index is 1.60. The van der Waals surface area contributed by atoms with E-state index in [-0.39, 0.29) is 17.4 Å². The van der Waals surface area contributed by atoms with E-state index in [1.807, 2.05) is 19.1 Å². The Morgan fingerprint density at radius 1 is 1.15 bits per heavy atom. The van der Waals surface area contributed by atoms with Crippen LogP contribution < -0.4 is 20.7 Å². The monoisotopic (exact) mass is 373 g/mol. The van der Waals surface area contributed by atoms with Crippen molar-refractivity contribution < 1.29 is 14.3 Å². The molecule has 3 N–H and O–H groups in total. The van der Waals surface area contributed by atoms with Crippen molar-refractivity contribution in [2.24, 2.45) is 0 Å². The second kappa shape index (κ2) is 8.74. The number of hydrogen-bond donors (Lipinski definition) is 3. The zero-order valence-corrected chi connectivity index (χ0v) is 16.3. The molecule has 0 aromatic heterocycles. The third-order valence-corrected chi connectivity index (χ3v) is 5.80. The number of urea groups is 1. The normalized spacial score (nSPS) is 19.8. The predicted octanol–water partition coefficient (Wildman–Crippen LogP) is 2.86. The molecule has 0 radical (unpaired) electrons. The number of rotatable bonds is 7. The van der Waals surface area contributed by atoms with E-state index in [1.54, 1.807) is 7.11 Å². The average molecular weight is 373 g/mol. The molecule has 3 amide bonds. The van der Waals surface area contributed by atoms with Crippen LogP contribution in [0.25, 0.3) is 0 Å². The van der Waals surface area contributed by atoms with Gasteiger partial charge >= 0.3 is 6.03 Å². The molecule has 0 aliphatic heterocycles. The first-order valence-electron chi connectivity index (χ1n) is 10.0. The summed E-state index contributed by atoms with van der Waals surface area (Å²) in [6.45, 7) is 2.53. The number of benzene rings is 1. The molecule has 1 atom stereocenters. The van der Waals surface area contributed by atoms with Gasteiger partial charge < -0.3 is 15.4 Å². The number of carbonyl (C=O) groups excluding carboxylic acids is 2. The van der Waals surface area contributed by atoms with E-state index in [2.05, 4.69) is 28.1 Å². The highest BCUT2D eigenvalue weighted by molar-refractivity contribution is 5.96. The lowest BCUT2D eigenvalue weighted by molar-refractivity contribution is -0.121. The predicted molar refractivity (Wildman–Crippen MR) is 105 cm³/mol. The third kappa shape index (κ3) is 5.22. The Labute approximate surface area is 161 Å². The Kier molecular flexibility index (Phi) is 6.37. The molecule has 6 heteroatoms. The molecule has 0 saturated heterocycles. The first-order valence-corrected chi connectivity index (χ1v) is 10.0. The standard InChI is InChI=1S/C21H31N3O3/c1-15(19(25)24-20(26)23-17-8-9-17)22-14-21(12-4-3-5-13-21)16-6-10-18(27-2)11-7-16/h6-7,10-11,15,17,22H,3-5,8-9,12-14H2,1-2H3,(H2,23,24,25,26). The van der Waals surface area contributed by atoms with Crippen molar-refractivity contribution in [3.8, 4) is 5.75 Å². The molecule has 6 nitrogen and oxygen atoms in total. The molecular formula is C21H31N3O3. The topological polar surface area (TPSA) is 79.5 Å². The summed E-state index contributed by atoms with van der Waals surface area (Å²) in [6, 6.07) is 7.71. The molecule has 0 heterocycles. The summed E-state index contributed by atoms with van der Waals surface area (Å²) in [5.74, 6) is 0.570. The molecule has 1 aromatic carbocycles. The number of amides is 3. The first-order chi connectivity index (χ1) is 13.0. The third-order valence-electron chi connectivity index (χ3n) is 5.80. The van der Waals surface area contributed by atoms with E-state index < -0.39 is 12.1 Å². The average Bonchev–Trinajstić information content (AvgIpc) is 3.50. The molecule has 2 aliphatic carbocycles. The molecular weight excluding hydrogens is 342 g/mol. The number of hydrogen-bond acceptors (Lipinski definition) is 4. The summed E-state index contributed by atoms with van der Waals surface area (Å²) >= 11 is 0. The van der Waals surface area contributed by atoms with Crippen molar-refractivity contribution >= 4 is 11.9 Å². The molecule has 0 bridgehead atoms. The van der Waals surface area contributed by atoms with Crippen molar-refractivity contribution in [1.29, 1.82) is 0 Å². The van der Waals surface area contributed by atoms with Gasteiger partial charge in [-0.3, -0.25) is 10.1 Å². The lowest BCUT2D eigenvalue weighted by Crippen LogP contribution is -2.51. The molecule has 0 spiro atoms. The van der Waals surface area contributed by atoms with Crippen LogP contribution in [0.3, 0.4) is 0 Å². The molecule has 2 saturated carbocycles. The van der Waals surface area contributed by atoms with Gasteiger partial charge in [0, 0.05) is 18.0 Å². The molecule has 2 fully saturated rings. The highest BCUT2D eigenvalue weighted by atomic mass is 16.5. The van der Waals surface area contributed by atoms with E-state index in [4.69, 9.17) is 4.74 Å². The smallest absolute Gasteiger partial charge is 0.321 e. The Morgan fingerprint density at radius 3 is 2.41 bits per heavy atom. The zero-order chi connectivity index (χ0) is 19.3. The number of nitrogens with one attached hydrogen (secondary N) is 3. The van der Waals surface area contributed by atoms with Crippen LogP contribution in [-0.2, 0) is 10.2 Å². The quantitative estimate of drug-likeness (QED) is 0.687. The molecule has 2 aliphatic rings. The van der Waals surface area contributed by atoms with Crippen molar-refractivity contribution in [2.45, 2.75) is 69.4 Å². The van der Waals surface area contributed by atoms with Crippen molar-refractivity contribution in [2.75, 3.05) is 13.7 Å². The van der Waals surface area contributed by atoms with E-state index >= 15 is 0 Å². The lowest BCUT2D eigenvalue weighted by atomic mass is 9.69. The van der Waals surface area contributed by atoms with Crippen LogP contribution in [0.15, 0.2) is 24.3 Å². The minimum atomic E-state index is -0.424. The highest BCUT2D eigenvalue weighted by Crippen LogP contribution is 2.39. The lowest BCUT2D eigenvalue weighted by Gasteiger charge is -2.39. The van der Waals surface area contributed by atoms with Crippen LogP contribution in [0.2, 0.25) is 0 Å². The van der Waals surface area contributed by atoms with Gasteiger partial charge in [0.1, 0.15) is 5.75 Å². The number of ether oxygens (including phenoxy) is 1. The van der Waals surface area contributed by atoms with Crippen molar-refractivity contribution in [3.63, 3.8) is 0 Å². The molecule has 1 aromatic rings. The summed E-state index contributed by atoms with van der Waals surface area (Å²) < 4.78 is 5.28. The second-order valence-electron chi connectivity index (χ2n) is 7.91. The number of carbonyl (C=O) groups is 2. The summed E-state index contributed by atoms with van der Waals surface area (Å²) in [6.07, 6.45) is 7.84. The van der Waals surface area contributed by atoms with E-state index in [9.17, 15) is 9.59 Å². The van der Waals surface area contributed by atoms with Crippen LogP contribution in [0, 0.1) is 0 Å². The van der Waals surface area contributed by atoms with E-state index in [0.717, 1.165) is 38.0 Å². The van der Waals surface area contributed by atoms with E-state index in [1.165, 1.54) is 24.8 Å². The maximum absolute atomic E-state index is 12.3. The Bertz CT molecular complexity index is 649. The molecule has 148 valence electrons. The summed E-state index contributed by atoms with van der Waals surface area (Å²) in [7, 11) is 1.67. The van der Waals surface area contributed by atoms with Gasteiger partial charge in [-0.1, -0.05) is 31.4 Å². The van der Waals surface area contributed by atoms with Crippen LogP contribution in [-0.4, -0.2) is 37.7 Å². The van der Waals surface area contributed by atoms with Gasteiger partial charge in [0.2, 0.25) is 5.91 Å². The van der Waals surface area contributed by atoms with Gasteiger partial charge in [-0.25, -0.2) is 4.79 Å². The minimum Gasteiger partial charge on any atom is -0.497 e. The summed E-state index contributed by atoms with van der Waals surface area (Å²) in [4.78, 5) is 24.1. The highest BCUT2D eigenvalue weighted by Gasteiger charge is 2.34. The van der Waals surface area contributed by atoms with Gasteiger partial charge in [-0.15, -0.1) is 0 Å². The van der Waals surface area contributed by atoms with Crippen LogP contribution in [0.5, 0.6) is 5.75 Å². The Morgan fingerprint density at radius 2 is 1.81 bits per heavy atom. The maximum atomic E-state index is 12.3. The van der Waals surface area contributed by atoms with Crippen LogP contribution in [0.1, 0.15) is 57.4 Å². The second-order valence-corrected chi connectivity index (χ2v) is 7.91. The summed E-state index contributed by atoms with van der Waals surface area (Å²) in [5, 5.41) is 8.59. The van der Waals surface area contributed by atoms with Crippen molar-refractivity contribution in [1.82, 2.24) is 16.0 Å². The molecule has 27 heavy (non-hydrogen) atoms. The van der Waals surface area contributed by atoms with Gasteiger partial charge in [-0.05, 0) is 50.3 Å². The van der Waals surface area contributed by atoms with Crippen LogP contribution in [0.4, 0.5) is 4.79 Å². The molecule has 1 unspecified atom stereocenters. The van der Waals surface area contributed by atoms with E-state index in [0.29, 0.717) is 0 Å². The van der Waals surface area contributed by atoms with Gasteiger partial charge in [0.05, 0.1) is 13.2 Å². The van der Waals surface area contributed by atoms with Crippen LogP contribution >= 0.6 is 0 Å². The fourth-order valence-corrected chi connectivity index (χ4v) is 3.85. The SMILES string of the molecule is COc1ccc(C2(CNC(C)C(=O)NC(=O)NC3CC3)CCCCC2)cc1. The number of imide groups is 1. The van der Waals surface area contributed by atoms with Gasteiger partial charge in [-0.2, -0.15) is 0 Å². The van der Waals surface area contributed by atoms with Gasteiger partial charge in [0.25, 0.3) is 0 Å². The first kappa shape index (κ1) is 19.7. The largest absolute Gasteiger partial charge is 0.497 e. The summed E-state index contributed by atoms with van der Waals surface area (Å²) in [5.41, 5.74) is 1.31. The minimum absolute atomic E-state index is 0.0231. The maximum Gasteiger partial charge on any atom is 0.321 e. The van der Waals surface area contributed by atoms with Gasteiger partial charge in [0.15, 0.2) is 0 Å².